The van der Waals surface area contributed by atoms with Crippen LogP contribution in [0.4, 0.5) is 5.69 Å². The molecule has 3 aromatic carbocycles. The number of halogens is 1. The minimum absolute atomic E-state index is 0.212. The number of imide groups is 1. The minimum Gasteiger partial charge on any atom is -0.392 e. The van der Waals surface area contributed by atoms with Crippen molar-refractivity contribution in [1.82, 2.24) is 0 Å². The third kappa shape index (κ3) is 2.14. The maximum Gasteiger partial charge on any atom is 0.239 e. The number of aliphatic hydroxyl groups is 1. The van der Waals surface area contributed by atoms with E-state index in [0.29, 0.717) is 10.7 Å². The lowest BCUT2D eigenvalue weighted by Gasteiger charge is -2.55. The van der Waals surface area contributed by atoms with Crippen LogP contribution in [0.2, 0.25) is 5.02 Å². The van der Waals surface area contributed by atoms with Crippen LogP contribution in [-0.2, 0) is 15.0 Å². The van der Waals surface area contributed by atoms with Crippen molar-refractivity contribution in [3.8, 4) is 0 Å². The summed E-state index contributed by atoms with van der Waals surface area (Å²) >= 11 is 6.03. The zero-order chi connectivity index (χ0) is 21.5. The molecule has 3 atom stereocenters. The predicted molar refractivity (Wildman–Crippen MR) is 118 cm³/mol. The second-order valence-electron chi connectivity index (χ2n) is 8.69. The van der Waals surface area contributed by atoms with Crippen molar-refractivity contribution in [1.29, 1.82) is 0 Å². The lowest BCUT2D eigenvalue weighted by molar-refractivity contribution is -0.126. The highest BCUT2D eigenvalue weighted by Gasteiger charge is 2.69. The number of aliphatic hydroxyl groups excluding tert-OH is 1. The molecule has 1 saturated heterocycles. The van der Waals surface area contributed by atoms with Crippen LogP contribution >= 0.6 is 11.6 Å². The Hall–Kier alpha value is -2.95. The first-order chi connectivity index (χ1) is 15.0. The van der Waals surface area contributed by atoms with Gasteiger partial charge in [0.1, 0.15) is 0 Å². The molecule has 2 bridgehead atoms. The van der Waals surface area contributed by atoms with Gasteiger partial charge in [-0.15, -0.1) is 0 Å². The topological polar surface area (TPSA) is 57.6 Å². The molecule has 1 heterocycles. The highest BCUT2D eigenvalue weighted by Crippen LogP contribution is 2.65. The van der Waals surface area contributed by atoms with Crippen LogP contribution in [0.1, 0.15) is 35.1 Å². The summed E-state index contributed by atoms with van der Waals surface area (Å²) in [5.74, 6) is -1.90. The Morgan fingerprint density at radius 2 is 1.42 bits per heavy atom. The second kappa shape index (κ2) is 6.28. The SMILES string of the molecule is C[C@H](O)C12c3ccccc3C(c3ccccc31)[C@H]1C(=O)N(c3ccc(Cl)cc3)C(=O)[C@H]12. The molecule has 0 unspecified atom stereocenters. The first kappa shape index (κ1) is 18.8. The van der Waals surface area contributed by atoms with Gasteiger partial charge in [-0.25, -0.2) is 4.90 Å². The average molecular weight is 430 g/mol. The normalized spacial score (nSPS) is 28.9. The fraction of sp³-hybridized carbons (Fsp3) is 0.231. The van der Waals surface area contributed by atoms with Gasteiger partial charge in [0.2, 0.25) is 11.8 Å². The van der Waals surface area contributed by atoms with Gasteiger partial charge in [-0.3, -0.25) is 9.59 Å². The molecule has 4 aliphatic rings. The average Bonchev–Trinajstić information content (AvgIpc) is 3.05. The molecule has 1 N–H and O–H groups in total. The standard InChI is InChI=1S/C26H20ClNO3/c1-14(29)26-19-8-4-2-6-17(19)21(18-7-3-5-9-20(18)26)22-23(26)25(31)28(24(22)30)16-12-10-15(27)11-13-16/h2-14,21-23,29H,1H3/t14-,21?,22+,23-,26?/m0/s1. The summed E-state index contributed by atoms with van der Waals surface area (Å²) in [6.07, 6.45) is -0.856. The molecular weight excluding hydrogens is 410 g/mol. The number of benzene rings is 3. The summed E-state index contributed by atoms with van der Waals surface area (Å²) in [4.78, 5) is 29.0. The van der Waals surface area contributed by atoms with Crippen molar-refractivity contribution in [2.75, 3.05) is 4.90 Å². The fourth-order valence-corrected chi connectivity index (χ4v) is 6.51. The molecule has 1 fully saturated rings. The van der Waals surface area contributed by atoms with Gasteiger partial charge < -0.3 is 5.11 Å². The molecule has 4 nitrogen and oxygen atoms in total. The van der Waals surface area contributed by atoms with E-state index >= 15 is 0 Å². The molecular formula is C26H20ClNO3. The number of carbonyl (C=O) groups is 2. The van der Waals surface area contributed by atoms with E-state index in [9.17, 15) is 14.7 Å². The van der Waals surface area contributed by atoms with E-state index in [2.05, 4.69) is 0 Å². The summed E-state index contributed by atoms with van der Waals surface area (Å²) in [6, 6.07) is 22.7. The Bertz CT molecular complexity index is 1200. The maximum absolute atomic E-state index is 13.9. The minimum atomic E-state index is -0.972. The summed E-state index contributed by atoms with van der Waals surface area (Å²) in [5, 5.41) is 11.8. The van der Waals surface area contributed by atoms with Crippen molar-refractivity contribution in [2.24, 2.45) is 11.8 Å². The maximum atomic E-state index is 13.9. The predicted octanol–water partition coefficient (Wildman–Crippen LogP) is 4.27. The van der Waals surface area contributed by atoms with E-state index < -0.39 is 23.4 Å². The van der Waals surface area contributed by atoms with Crippen LogP contribution in [0.3, 0.4) is 0 Å². The number of nitrogens with zero attached hydrogens (tertiary/aromatic N) is 1. The first-order valence-electron chi connectivity index (χ1n) is 10.5. The van der Waals surface area contributed by atoms with E-state index in [1.807, 2.05) is 48.5 Å². The van der Waals surface area contributed by atoms with Gasteiger partial charge in [-0.1, -0.05) is 60.1 Å². The van der Waals surface area contributed by atoms with Crippen molar-refractivity contribution in [3.05, 3.63) is 100 Å². The number of amides is 2. The molecule has 3 aromatic rings. The van der Waals surface area contributed by atoms with Gasteiger partial charge in [0.15, 0.2) is 0 Å². The van der Waals surface area contributed by atoms with Gasteiger partial charge in [0.25, 0.3) is 0 Å². The summed E-state index contributed by atoms with van der Waals surface area (Å²) < 4.78 is 0. The summed E-state index contributed by atoms with van der Waals surface area (Å²) in [6.45, 7) is 1.74. The molecule has 7 rings (SSSR count). The van der Waals surface area contributed by atoms with Crippen molar-refractivity contribution >= 4 is 29.1 Å². The highest BCUT2D eigenvalue weighted by molar-refractivity contribution is 6.31. The molecule has 31 heavy (non-hydrogen) atoms. The van der Waals surface area contributed by atoms with Gasteiger partial charge in [0, 0.05) is 10.9 Å². The zero-order valence-corrected chi connectivity index (χ0v) is 17.6. The molecule has 0 saturated carbocycles. The van der Waals surface area contributed by atoms with Crippen molar-refractivity contribution in [3.63, 3.8) is 0 Å². The lowest BCUT2D eigenvalue weighted by atomic mass is 9.46. The Kier molecular flexibility index (Phi) is 3.81. The van der Waals surface area contributed by atoms with E-state index in [0.717, 1.165) is 22.3 Å². The lowest BCUT2D eigenvalue weighted by Crippen LogP contribution is -2.58. The molecule has 3 aliphatic carbocycles. The number of carbonyl (C=O) groups excluding carboxylic acids is 2. The molecule has 0 radical (unpaired) electrons. The van der Waals surface area contributed by atoms with E-state index in [1.54, 1.807) is 31.2 Å². The van der Waals surface area contributed by atoms with E-state index in [1.165, 1.54) is 4.90 Å². The second-order valence-corrected chi connectivity index (χ2v) is 9.13. The fourth-order valence-electron chi connectivity index (χ4n) is 6.38. The van der Waals surface area contributed by atoms with Gasteiger partial charge in [-0.05, 0) is 53.4 Å². The van der Waals surface area contributed by atoms with Crippen LogP contribution < -0.4 is 4.90 Å². The number of hydrogen-bond acceptors (Lipinski definition) is 3. The Morgan fingerprint density at radius 3 is 1.97 bits per heavy atom. The van der Waals surface area contributed by atoms with Crippen LogP contribution in [-0.4, -0.2) is 23.0 Å². The van der Waals surface area contributed by atoms with Gasteiger partial charge in [-0.2, -0.15) is 0 Å². The third-order valence-electron chi connectivity index (χ3n) is 7.43. The number of rotatable bonds is 2. The zero-order valence-electron chi connectivity index (χ0n) is 16.8. The quantitative estimate of drug-likeness (QED) is 0.619. The monoisotopic (exact) mass is 429 g/mol. The summed E-state index contributed by atoms with van der Waals surface area (Å²) in [7, 11) is 0. The summed E-state index contributed by atoms with van der Waals surface area (Å²) in [5.41, 5.74) is 3.51. The molecule has 0 aromatic heterocycles. The number of anilines is 1. The third-order valence-corrected chi connectivity index (χ3v) is 7.68. The largest absolute Gasteiger partial charge is 0.392 e. The Morgan fingerprint density at radius 1 is 0.871 bits per heavy atom. The van der Waals surface area contributed by atoms with Crippen LogP contribution in [0.15, 0.2) is 72.8 Å². The van der Waals surface area contributed by atoms with Gasteiger partial charge in [0.05, 0.1) is 29.0 Å². The van der Waals surface area contributed by atoms with E-state index in [4.69, 9.17) is 11.6 Å². The van der Waals surface area contributed by atoms with Gasteiger partial charge >= 0.3 is 0 Å². The molecule has 0 spiro atoms. The number of hydrogen-bond donors (Lipinski definition) is 1. The van der Waals surface area contributed by atoms with Crippen molar-refractivity contribution < 1.29 is 14.7 Å². The Labute approximate surface area is 185 Å². The van der Waals surface area contributed by atoms with Crippen LogP contribution in [0.25, 0.3) is 0 Å². The molecule has 1 aliphatic heterocycles. The highest BCUT2D eigenvalue weighted by atomic mass is 35.5. The molecule has 2 amide bonds. The molecule has 154 valence electrons. The van der Waals surface area contributed by atoms with E-state index in [-0.39, 0.29) is 17.7 Å². The first-order valence-corrected chi connectivity index (χ1v) is 10.9. The van der Waals surface area contributed by atoms with Crippen LogP contribution in [0, 0.1) is 11.8 Å². The Balaban J connectivity index is 1.66. The smallest absolute Gasteiger partial charge is 0.239 e. The molecule has 5 heteroatoms. The van der Waals surface area contributed by atoms with Crippen LogP contribution in [0.5, 0.6) is 0 Å². The van der Waals surface area contributed by atoms with Crippen molar-refractivity contribution in [2.45, 2.75) is 24.4 Å².